The molecule has 0 saturated heterocycles. The third-order valence-corrected chi connectivity index (χ3v) is 7.98. The van der Waals surface area contributed by atoms with Gasteiger partial charge >= 0.3 is 0 Å². The number of fused-ring (bicyclic) bond motifs is 5. The van der Waals surface area contributed by atoms with Crippen molar-refractivity contribution in [1.82, 2.24) is 5.32 Å². The highest BCUT2D eigenvalue weighted by atomic mass is 16.1. The first-order valence-corrected chi connectivity index (χ1v) is 11.6. The predicted octanol–water partition coefficient (Wildman–Crippen LogP) is 5.42. The second-order valence-electron chi connectivity index (χ2n) is 11.1. The smallest absolute Gasteiger partial charge is 0.220 e. The molecule has 158 valence electrons. The van der Waals surface area contributed by atoms with Crippen LogP contribution in [0.15, 0.2) is 24.3 Å². The largest absolute Gasteiger partial charge is 0.352 e. The molecular weight excluding hydrogens is 358 g/mol. The maximum absolute atomic E-state index is 13.1. The Morgan fingerprint density at radius 1 is 1.21 bits per heavy atom. The second-order valence-corrected chi connectivity index (χ2v) is 11.1. The number of carbonyl (C=O) groups excluding carboxylic acids is 2. The van der Waals surface area contributed by atoms with E-state index in [9.17, 15) is 9.59 Å². The lowest BCUT2D eigenvalue weighted by atomic mass is 9.54. The first-order chi connectivity index (χ1) is 13.7. The van der Waals surface area contributed by atoms with Crippen molar-refractivity contribution in [2.75, 3.05) is 0 Å². The molecule has 3 aliphatic rings. The summed E-state index contributed by atoms with van der Waals surface area (Å²) in [7, 11) is 0. The maximum atomic E-state index is 13.1. The molecule has 2 fully saturated rings. The lowest BCUT2D eigenvalue weighted by molar-refractivity contribution is -0.129. The number of Topliss-reactive ketones (excluding diaryl/α,β-unsaturated/α-hetero) is 1. The van der Waals surface area contributed by atoms with Crippen LogP contribution in [-0.2, 0) is 16.0 Å². The van der Waals surface area contributed by atoms with Gasteiger partial charge < -0.3 is 5.32 Å². The molecule has 0 radical (unpaired) electrons. The van der Waals surface area contributed by atoms with Crippen LogP contribution in [0.5, 0.6) is 0 Å². The van der Waals surface area contributed by atoms with Gasteiger partial charge in [-0.3, -0.25) is 9.59 Å². The summed E-state index contributed by atoms with van der Waals surface area (Å²) in [5, 5.41) is 3.07. The van der Waals surface area contributed by atoms with Crippen molar-refractivity contribution in [2.24, 2.45) is 23.2 Å². The summed E-state index contributed by atoms with van der Waals surface area (Å²) in [6, 6.07) is 8.97. The molecule has 1 N–H and O–H groups in total. The van der Waals surface area contributed by atoms with E-state index in [-0.39, 0.29) is 16.9 Å². The maximum Gasteiger partial charge on any atom is 0.220 e. The number of rotatable bonds is 4. The fraction of sp³-hybridized carbons (Fsp3) is 0.692. The van der Waals surface area contributed by atoms with E-state index in [0.717, 1.165) is 38.5 Å². The van der Waals surface area contributed by atoms with Crippen LogP contribution in [0.1, 0.15) is 89.7 Å². The third kappa shape index (κ3) is 3.90. The van der Waals surface area contributed by atoms with Gasteiger partial charge in [-0.25, -0.2) is 0 Å². The quantitative estimate of drug-likeness (QED) is 0.739. The van der Waals surface area contributed by atoms with E-state index >= 15 is 0 Å². The molecule has 0 bridgehead atoms. The summed E-state index contributed by atoms with van der Waals surface area (Å²) in [4.78, 5) is 25.3. The molecule has 1 aromatic carbocycles. The van der Waals surface area contributed by atoms with Gasteiger partial charge in [0, 0.05) is 23.8 Å². The van der Waals surface area contributed by atoms with E-state index in [1.807, 2.05) is 20.8 Å². The van der Waals surface area contributed by atoms with E-state index in [0.29, 0.717) is 35.9 Å². The van der Waals surface area contributed by atoms with Crippen molar-refractivity contribution >= 4 is 11.7 Å². The average molecular weight is 396 g/mol. The van der Waals surface area contributed by atoms with Crippen LogP contribution < -0.4 is 5.32 Å². The van der Waals surface area contributed by atoms with Gasteiger partial charge in [0.05, 0.1) is 0 Å². The number of hydrogen-bond acceptors (Lipinski definition) is 2. The predicted molar refractivity (Wildman–Crippen MR) is 117 cm³/mol. The fourth-order valence-corrected chi connectivity index (χ4v) is 6.85. The zero-order chi connectivity index (χ0) is 20.8. The van der Waals surface area contributed by atoms with Crippen LogP contribution in [0.25, 0.3) is 0 Å². The number of ketones is 1. The Hall–Kier alpha value is -1.64. The Morgan fingerprint density at radius 3 is 2.72 bits per heavy atom. The molecule has 4 rings (SSSR count). The molecule has 3 unspecified atom stereocenters. The number of aryl methyl sites for hydroxylation is 1. The number of hydrogen-bond donors (Lipinski definition) is 1. The SMILES string of the molecule is CC(C)(C)NC(=O)CCC[C@@H]1CC(=O)[C@@]2(C)CCC3c4ccccc4CCC3C12. The number of carbonyl (C=O) groups is 2. The minimum absolute atomic E-state index is 0.133. The number of nitrogens with one attached hydrogen (secondary N) is 1. The van der Waals surface area contributed by atoms with E-state index in [1.165, 1.54) is 12.0 Å². The van der Waals surface area contributed by atoms with Crippen molar-refractivity contribution in [2.45, 2.75) is 90.5 Å². The summed E-state index contributed by atoms with van der Waals surface area (Å²) in [5.74, 6) is 2.82. The fourth-order valence-electron chi connectivity index (χ4n) is 6.85. The molecule has 3 heteroatoms. The monoisotopic (exact) mass is 395 g/mol. The minimum atomic E-state index is -0.176. The lowest BCUT2D eigenvalue weighted by Crippen LogP contribution is -2.44. The van der Waals surface area contributed by atoms with Crippen LogP contribution in [0, 0.1) is 23.2 Å². The Morgan fingerprint density at radius 2 is 1.97 bits per heavy atom. The van der Waals surface area contributed by atoms with E-state index in [2.05, 4.69) is 36.5 Å². The molecular formula is C26H37NO2. The Kier molecular flexibility index (Phi) is 5.38. The lowest BCUT2D eigenvalue weighted by Gasteiger charge is -2.50. The van der Waals surface area contributed by atoms with Crippen LogP contribution in [0.2, 0.25) is 0 Å². The van der Waals surface area contributed by atoms with Gasteiger partial charge in [0.2, 0.25) is 5.91 Å². The zero-order valence-corrected chi connectivity index (χ0v) is 18.6. The van der Waals surface area contributed by atoms with Gasteiger partial charge in [-0.2, -0.15) is 0 Å². The summed E-state index contributed by atoms with van der Waals surface area (Å²) >= 11 is 0. The van der Waals surface area contributed by atoms with Gasteiger partial charge in [-0.15, -0.1) is 0 Å². The van der Waals surface area contributed by atoms with Crippen molar-refractivity contribution in [3.63, 3.8) is 0 Å². The van der Waals surface area contributed by atoms with Crippen molar-refractivity contribution < 1.29 is 9.59 Å². The van der Waals surface area contributed by atoms with Crippen LogP contribution in [-0.4, -0.2) is 17.2 Å². The average Bonchev–Trinajstić information content (AvgIpc) is 2.90. The van der Waals surface area contributed by atoms with E-state index in [1.54, 1.807) is 5.56 Å². The van der Waals surface area contributed by atoms with Crippen LogP contribution >= 0.6 is 0 Å². The molecule has 0 aromatic heterocycles. The van der Waals surface area contributed by atoms with E-state index < -0.39 is 0 Å². The normalized spacial score (nSPS) is 33.6. The van der Waals surface area contributed by atoms with Crippen molar-refractivity contribution in [1.29, 1.82) is 0 Å². The van der Waals surface area contributed by atoms with Gasteiger partial charge in [-0.1, -0.05) is 31.2 Å². The first-order valence-electron chi connectivity index (χ1n) is 11.6. The summed E-state index contributed by atoms with van der Waals surface area (Å²) in [6.45, 7) is 8.32. The molecule has 2 saturated carbocycles. The van der Waals surface area contributed by atoms with Crippen LogP contribution in [0.3, 0.4) is 0 Å². The van der Waals surface area contributed by atoms with E-state index in [4.69, 9.17) is 0 Å². The molecule has 3 aliphatic carbocycles. The summed E-state index contributed by atoms with van der Waals surface area (Å²) < 4.78 is 0. The minimum Gasteiger partial charge on any atom is -0.352 e. The van der Waals surface area contributed by atoms with Gasteiger partial charge in [0.1, 0.15) is 5.78 Å². The van der Waals surface area contributed by atoms with Crippen molar-refractivity contribution in [3.05, 3.63) is 35.4 Å². The van der Waals surface area contributed by atoms with Gasteiger partial charge in [0.15, 0.2) is 0 Å². The molecule has 3 nitrogen and oxygen atoms in total. The first kappa shape index (κ1) is 20.6. The highest BCUT2D eigenvalue weighted by molar-refractivity contribution is 5.87. The topological polar surface area (TPSA) is 46.2 Å². The molecule has 0 spiro atoms. The number of benzene rings is 1. The molecule has 0 aliphatic heterocycles. The Bertz CT molecular complexity index is 792. The zero-order valence-electron chi connectivity index (χ0n) is 18.6. The third-order valence-electron chi connectivity index (χ3n) is 7.98. The molecule has 5 atom stereocenters. The Labute approximate surface area is 176 Å². The molecule has 1 aromatic rings. The highest BCUT2D eigenvalue weighted by Crippen LogP contribution is 2.62. The molecule has 0 heterocycles. The Balaban J connectivity index is 1.48. The van der Waals surface area contributed by atoms with Crippen LogP contribution in [0.4, 0.5) is 0 Å². The standard InChI is InChI=1S/C26H37NO2/c1-25(2,3)27-23(29)11-7-9-18-16-22(28)26(4)15-14-20-19-10-6-5-8-17(19)12-13-21(20)24(18)26/h5-6,8,10,18,20-21,24H,7,9,11-16H2,1-4H3,(H,27,29)/t18-,20?,21?,24?,26-/m1/s1. The van der Waals surface area contributed by atoms with Gasteiger partial charge in [0.25, 0.3) is 0 Å². The number of amides is 1. The highest BCUT2D eigenvalue weighted by Gasteiger charge is 2.58. The molecule has 29 heavy (non-hydrogen) atoms. The van der Waals surface area contributed by atoms with Crippen molar-refractivity contribution in [3.8, 4) is 0 Å². The van der Waals surface area contributed by atoms with Gasteiger partial charge in [-0.05, 0) is 94.1 Å². The summed E-state index contributed by atoms with van der Waals surface area (Å²) in [6.07, 6.45) is 7.76. The molecule has 1 amide bonds. The second kappa shape index (κ2) is 7.56. The summed E-state index contributed by atoms with van der Waals surface area (Å²) in [5.41, 5.74) is 2.77.